The van der Waals surface area contributed by atoms with Crippen molar-refractivity contribution in [2.24, 2.45) is 12.0 Å². The van der Waals surface area contributed by atoms with Gasteiger partial charge in [0.1, 0.15) is 0 Å². The Morgan fingerprint density at radius 2 is 1.86 bits per heavy atom. The fraction of sp³-hybridized carbons (Fsp3) is 0.200. The Balaban J connectivity index is 1.90. The van der Waals surface area contributed by atoms with Crippen LogP contribution in [-0.4, -0.2) is 32.7 Å². The summed E-state index contributed by atoms with van der Waals surface area (Å²) in [5.41, 5.74) is 0.608. The highest BCUT2D eigenvalue weighted by atomic mass is 35.5. The van der Waals surface area contributed by atoms with E-state index in [1.165, 1.54) is 16.4 Å². The number of aryl methyl sites for hydroxylation is 1. The number of aliphatic imine (C=N–C) groups is 1. The van der Waals surface area contributed by atoms with E-state index in [0.717, 1.165) is 5.75 Å². The highest BCUT2D eigenvalue weighted by Gasteiger charge is 2.30. The van der Waals surface area contributed by atoms with Gasteiger partial charge in [0, 0.05) is 23.2 Å². The second-order valence-corrected chi connectivity index (χ2v) is 7.94. The maximum atomic E-state index is 13.6. The van der Waals surface area contributed by atoms with E-state index in [0.29, 0.717) is 26.7 Å². The van der Waals surface area contributed by atoms with Gasteiger partial charge in [-0.15, -0.1) is 0 Å². The van der Waals surface area contributed by atoms with Crippen molar-refractivity contribution in [3.8, 4) is 0 Å². The minimum Gasteiger partial charge on any atom is -0.267 e. The van der Waals surface area contributed by atoms with Gasteiger partial charge in [-0.3, -0.25) is 19.5 Å². The Hall–Kier alpha value is -2.64. The molecule has 1 aliphatic heterocycles. The molecule has 1 aromatic heterocycles. The first-order chi connectivity index (χ1) is 13.5. The third kappa shape index (κ3) is 3.31. The number of hydrogen-bond acceptors (Lipinski definition) is 5. The number of anilines is 1. The van der Waals surface area contributed by atoms with E-state index < -0.39 is 0 Å². The fourth-order valence-corrected chi connectivity index (χ4v) is 4.21. The van der Waals surface area contributed by atoms with Gasteiger partial charge in [0.2, 0.25) is 0 Å². The number of nitrogens with zero attached hydrogens (tertiary/aromatic N) is 4. The number of halogens is 1. The zero-order valence-corrected chi connectivity index (χ0v) is 16.9. The van der Waals surface area contributed by atoms with Crippen LogP contribution in [0.5, 0.6) is 0 Å². The third-order valence-electron chi connectivity index (χ3n) is 4.42. The molecular formula is C20H17ClN4O2S. The molecule has 1 unspecified atom stereocenters. The lowest BCUT2D eigenvalue weighted by molar-refractivity contribution is 0.0998. The Bertz CT molecular complexity index is 1160. The zero-order valence-electron chi connectivity index (χ0n) is 15.3. The van der Waals surface area contributed by atoms with Crippen molar-refractivity contribution in [3.63, 3.8) is 0 Å². The normalized spacial score (nSPS) is 16.2. The predicted octanol–water partition coefficient (Wildman–Crippen LogP) is 3.73. The molecule has 0 saturated carbocycles. The van der Waals surface area contributed by atoms with Crippen molar-refractivity contribution in [3.05, 3.63) is 69.6 Å². The van der Waals surface area contributed by atoms with Gasteiger partial charge in [-0.1, -0.05) is 41.6 Å². The Kier molecular flexibility index (Phi) is 4.95. The predicted molar refractivity (Wildman–Crippen MR) is 115 cm³/mol. The minimum atomic E-state index is -0.338. The fourth-order valence-electron chi connectivity index (χ4n) is 3.05. The molecule has 1 amide bonds. The number of amidine groups is 1. The maximum absolute atomic E-state index is 13.6. The third-order valence-corrected chi connectivity index (χ3v) is 5.87. The number of fused-ring (bicyclic) bond motifs is 1. The molecule has 0 fully saturated rings. The number of carbonyl (C=O) groups is 1. The summed E-state index contributed by atoms with van der Waals surface area (Å²) >= 11 is 7.54. The van der Waals surface area contributed by atoms with Crippen molar-refractivity contribution < 1.29 is 4.79 Å². The van der Waals surface area contributed by atoms with E-state index in [9.17, 15) is 9.59 Å². The Morgan fingerprint density at radius 1 is 1.18 bits per heavy atom. The molecule has 0 spiro atoms. The monoisotopic (exact) mass is 412 g/mol. The molecule has 0 N–H and O–H groups in total. The first-order valence-corrected chi connectivity index (χ1v) is 10.1. The molecule has 142 valence electrons. The summed E-state index contributed by atoms with van der Waals surface area (Å²) in [4.78, 5) is 32.2. The van der Waals surface area contributed by atoms with E-state index in [2.05, 4.69) is 10.1 Å². The van der Waals surface area contributed by atoms with Crippen LogP contribution in [0.1, 0.15) is 17.4 Å². The van der Waals surface area contributed by atoms with Crippen LogP contribution in [0.25, 0.3) is 10.8 Å². The number of thioether (sulfide) groups is 1. The number of aromatic nitrogens is 2. The van der Waals surface area contributed by atoms with Crippen molar-refractivity contribution in [2.45, 2.75) is 13.0 Å². The van der Waals surface area contributed by atoms with Crippen LogP contribution < -0.4 is 10.5 Å². The number of rotatable bonds is 2. The van der Waals surface area contributed by atoms with Crippen molar-refractivity contribution in [1.82, 2.24) is 9.78 Å². The summed E-state index contributed by atoms with van der Waals surface area (Å²) in [6.45, 7) is 2.00. The summed E-state index contributed by atoms with van der Waals surface area (Å²) in [6.07, 6.45) is 0. The molecule has 3 aromatic rings. The van der Waals surface area contributed by atoms with Crippen LogP contribution in [0.2, 0.25) is 5.02 Å². The average Bonchev–Trinajstić information content (AvgIpc) is 3.12. The zero-order chi connectivity index (χ0) is 19.8. The van der Waals surface area contributed by atoms with Gasteiger partial charge in [0.05, 0.1) is 17.1 Å². The average molecular weight is 413 g/mol. The van der Waals surface area contributed by atoms with E-state index >= 15 is 0 Å². The molecule has 0 bridgehead atoms. The molecule has 2 aromatic carbocycles. The molecule has 0 aliphatic carbocycles. The topological polar surface area (TPSA) is 67.6 Å². The summed E-state index contributed by atoms with van der Waals surface area (Å²) in [7, 11) is 1.54. The van der Waals surface area contributed by atoms with E-state index in [1.54, 1.807) is 60.5 Å². The number of carbonyl (C=O) groups excluding carboxylic acids is 1. The molecule has 1 aliphatic rings. The number of hydrogen-bond donors (Lipinski definition) is 0. The SMILES string of the molecule is CC1CSC(N(C(=O)c2nn(C)c(=O)c3ccccc23)c2ccc(Cl)cc2)=N1. The van der Waals surface area contributed by atoms with Crippen molar-refractivity contribution >= 4 is 50.9 Å². The first kappa shape index (κ1) is 18.7. The largest absolute Gasteiger partial charge is 0.285 e. The molecule has 8 heteroatoms. The van der Waals surface area contributed by atoms with Gasteiger partial charge in [-0.05, 0) is 37.3 Å². The van der Waals surface area contributed by atoms with Crippen molar-refractivity contribution in [1.29, 1.82) is 0 Å². The Morgan fingerprint density at radius 3 is 2.50 bits per heavy atom. The second kappa shape index (κ2) is 7.41. The van der Waals surface area contributed by atoms with Crippen molar-refractivity contribution in [2.75, 3.05) is 10.7 Å². The van der Waals surface area contributed by atoms with E-state index in [1.807, 2.05) is 6.92 Å². The Labute approximate surface area is 170 Å². The standard InChI is InChI=1S/C20H17ClN4O2S/c1-12-11-28-20(22-12)25(14-9-7-13(21)8-10-14)19(27)17-15-5-3-4-6-16(15)18(26)24(2)23-17/h3-10,12H,11H2,1-2H3. The van der Waals surface area contributed by atoms with Crippen LogP contribution >= 0.6 is 23.4 Å². The van der Waals surface area contributed by atoms with Gasteiger partial charge in [0.25, 0.3) is 11.5 Å². The summed E-state index contributed by atoms with van der Waals surface area (Å²) in [5, 5.41) is 6.44. The molecule has 0 saturated heterocycles. The number of benzene rings is 2. The lowest BCUT2D eigenvalue weighted by atomic mass is 10.1. The lowest BCUT2D eigenvalue weighted by Crippen LogP contribution is -2.37. The smallest absolute Gasteiger partial charge is 0.267 e. The van der Waals surface area contributed by atoms with E-state index in [-0.39, 0.29) is 23.2 Å². The summed E-state index contributed by atoms with van der Waals surface area (Å²) in [6, 6.07) is 14.1. The summed E-state index contributed by atoms with van der Waals surface area (Å²) in [5.74, 6) is 0.461. The first-order valence-electron chi connectivity index (χ1n) is 8.72. The van der Waals surface area contributed by atoms with Crippen LogP contribution in [0.15, 0.2) is 58.3 Å². The van der Waals surface area contributed by atoms with Gasteiger partial charge in [0.15, 0.2) is 10.9 Å². The number of amides is 1. The van der Waals surface area contributed by atoms with Crippen LogP contribution in [-0.2, 0) is 7.05 Å². The molecule has 4 rings (SSSR count). The lowest BCUT2D eigenvalue weighted by Gasteiger charge is -2.22. The van der Waals surface area contributed by atoms with Crippen LogP contribution in [0, 0.1) is 0 Å². The molecule has 0 radical (unpaired) electrons. The van der Waals surface area contributed by atoms with Gasteiger partial charge in [-0.2, -0.15) is 5.10 Å². The van der Waals surface area contributed by atoms with Crippen LogP contribution in [0.3, 0.4) is 0 Å². The van der Waals surface area contributed by atoms with Gasteiger partial charge in [-0.25, -0.2) is 4.68 Å². The molecule has 1 atom stereocenters. The summed E-state index contributed by atoms with van der Waals surface area (Å²) < 4.78 is 1.20. The highest BCUT2D eigenvalue weighted by Crippen LogP contribution is 2.29. The quantitative estimate of drug-likeness (QED) is 0.643. The second-order valence-electron chi connectivity index (χ2n) is 6.51. The molecule has 6 nitrogen and oxygen atoms in total. The van der Waals surface area contributed by atoms with Gasteiger partial charge < -0.3 is 0 Å². The molecule has 2 heterocycles. The highest BCUT2D eigenvalue weighted by molar-refractivity contribution is 8.14. The molecule has 28 heavy (non-hydrogen) atoms. The van der Waals surface area contributed by atoms with E-state index in [4.69, 9.17) is 11.6 Å². The molecular weight excluding hydrogens is 396 g/mol. The van der Waals surface area contributed by atoms with Crippen LogP contribution in [0.4, 0.5) is 5.69 Å². The van der Waals surface area contributed by atoms with Gasteiger partial charge >= 0.3 is 0 Å². The minimum absolute atomic E-state index is 0.118. The maximum Gasteiger partial charge on any atom is 0.285 e.